The summed E-state index contributed by atoms with van der Waals surface area (Å²) in [6, 6.07) is 1.37. The highest BCUT2D eigenvalue weighted by atomic mass is 16.6. The second-order valence-electron chi connectivity index (χ2n) is 8.08. The number of nitrogens with two attached hydrogens (primary N) is 2. The molecule has 2 saturated heterocycles. The molecule has 2 aliphatic rings. The van der Waals surface area contributed by atoms with Crippen LogP contribution in [0.4, 0.5) is 11.6 Å². The molecule has 3 aromatic heterocycles. The highest BCUT2D eigenvalue weighted by Gasteiger charge is 2.44. The molecule has 18 heteroatoms. The third kappa shape index (κ3) is 5.23. The lowest BCUT2D eigenvalue weighted by Crippen LogP contribution is -2.36. The van der Waals surface area contributed by atoms with Crippen LogP contribution < -0.4 is 17.2 Å². The first kappa shape index (κ1) is 28.2. The van der Waals surface area contributed by atoms with Gasteiger partial charge in [0.15, 0.2) is 23.9 Å². The second kappa shape index (κ2) is 11.4. The van der Waals surface area contributed by atoms with E-state index in [2.05, 4.69) is 19.9 Å². The lowest BCUT2D eigenvalue weighted by atomic mass is 10.1. The summed E-state index contributed by atoms with van der Waals surface area (Å²) in [5.41, 5.74) is 11.1. The zero-order valence-corrected chi connectivity index (χ0v) is 19.1. The fourth-order valence-corrected chi connectivity index (χ4v) is 3.90. The Morgan fingerprint density at radius 1 is 0.865 bits per heavy atom. The Morgan fingerprint density at radius 3 is 1.95 bits per heavy atom. The lowest BCUT2D eigenvalue weighted by molar-refractivity contribution is -0.0549. The van der Waals surface area contributed by atoms with Crippen molar-refractivity contribution in [2.45, 2.75) is 49.1 Å². The van der Waals surface area contributed by atoms with Gasteiger partial charge in [0.1, 0.15) is 54.3 Å². The number of aromatic nitrogens is 6. The molecule has 0 aliphatic carbocycles. The average Bonchev–Trinajstić information content (AvgIpc) is 3.50. The van der Waals surface area contributed by atoms with Crippen LogP contribution in [-0.4, -0.2) is 115 Å². The number of hydrogen-bond acceptors (Lipinski definition) is 15. The van der Waals surface area contributed by atoms with E-state index in [-0.39, 0.29) is 17.1 Å². The van der Waals surface area contributed by atoms with Crippen molar-refractivity contribution in [2.75, 3.05) is 24.7 Å². The Labute approximate surface area is 207 Å². The van der Waals surface area contributed by atoms with Gasteiger partial charge in [-0.15, -0.1) is 0 Å². The Morgan fingerprint density at radius 2 is 1.43 bits per heavy atom. The van der Waals surface area contributed by atoms with Crippen LogP contribution in [0.5, 0.6) is 0 Å². The fraction of sp³-hybridized carbons (Fsp3) is 0.526. The smallest absolute Gasteiger partial charge is 0.351 e. The number of fused-ring (bicyclic) bond motifs is 1. The van der Waals surface area contributed by atoms with E-state index < -0.39 is 68.0 Å². The summed E-state index contributed by atoms with van der Waals surface area (Å²) in [5, 5.41) is 56.9. The Balaban J connectivity index is 0.000000201. The van der Waals surface area contributed by atoms with Gasteiger partial charge in [0, 0.05) is 6.20 Å². The van der Waals surface area contributed by atoms with Gasteiger partial charge in [-0.25, -0.2) is 19.7 Å². The molecule has 0 radical (unpaired) electrons. The fourth-order valence-electron chi connectivity index (χ4n) is 3.90. The van der Waals surface area contributed by atoms with Crippen molar-refractivity contribution < 1.29 is 45.6 Å². The molecule has 204 valence electrons. The molecule has 0 amide bonds. The van der Waals surface area contributed by atoms with Gasteiger partial charge in [-0.1, -0.05) is 0 Å². The minimum atomic E-state index is -1.31. The maximum atomic E-state index is 11.5. The van der Waals surface area contributed by atoms with Gasteiger partial charge in [-0.2, -0.15) is 4.98 Å². The third-order valence-electron chi connectivity index (χ3n) is 5.82. The molecule has 0 spiro atoms. The standard InChI is InChI=1S/C10H13N5O4.C9H13N3O5.H2O/c11-8-5-9(13-2-12-8)15(3-14-5)10-7(18)6(17)4(1-16)19-10;10-5-1-2-12(9(16)11-5)8-7(15)6(14)4(3-13)17-8;/h2-4,6-7,10,16-18H,1H2,(H2,11,12,13);1-2,4,6-8,13-15H,3H2,(H2,10,11,16);1H2/t4-,6-,7+,10-;4-,6-,7-,8-;/m11./s1. The number of hydrogen-bond donors (Lipinski definition) is 8. The first-order valence-electron chi connectivity index (χ1n) is 10.7. The number of nitrogen functional groups attached to an aromatic ring is 2. The zero-order chi connectivity index (χ0) is 26.1. The van der Waals surface area contributed by atoms with Crippen molar-refractivity contribution in [3.8, 4) is 0 Å². The van der Waals surface area contributed by atoms with E-state index in [9.17, 15) is 25.2 Å². The van der Waals surface area contributed by atoms with Crippen molar-refractivity contribution in [1.82, 2.24) is 29.1 Å². The van der Waals surface area contributed by atoms with Crippen LogP contribution >= 0.6 is 0 Å². The SMILES string of the molecule is Nc1ccn([C@@H]2O[C@H](CO)[C@@H](O)[C@H]2O)c(=O)n1.Nc1ncnc2c1ncn2[C@@H]1O[C@H](CO)[C@@H](O)[C@@H]1O.O. The van der Waals surface area contributed by atoms with E-state index >= 15 is 0 Å². The summed E-state index contributed by atoms with van der Waals surface area (Å²) < 4.78 is 13.0. The number of nitrogens with zero attached hydrogens (tertiary/aromatic N) is 6. The molecule has 18 nitrogen and oxygen atoms in total. The molecule has 0 aromatic carbocycles. The number of aliphatic hydroxyl groups excluding tert-OH is 6. The van der Waals surface area contributed by atoms with Gasteiger partial charge in [0.05, 0.1) is 19.5 Å². The number of rotatable bonds is 4. The highest BCUT2D eigenvalue weighted by Crippen LogP contribution is 2.31. The van der Waals surface area contributed by atoms with Crippen LogP contribution in [0.15, 0.2) is 29.7 Å². The van der Waals surface area contributed by atoms with E-state index in [1.54, 1.807) is 0 Å². The minimum Gasteiger partial charge on any atom is -0.412 e. The van der Waals surface area contributed by atoms with Crippen LogP contribution in [0.25, 0.3) is 11.2 Å². The molecule has 2 aliphatic heterocycles. The number of aliphatic hydroxyl groups is 6. The molecule has 2 fully saturated rings. The van der Waals surface area contributed by atoms with Gasteiger partial charge in [-0.3, -0.25) is 9.13 Å². The summed E-state index contributed by atoms with van der Waals surface area (Å²) in [6.45, 7) is -0.843. The first-order valence-corrected chi connectivity index (χ1v) is 10.7. The van der Waals surface area contributed by atoms with Crippen molar-refractivity contribution in [1.29, 1.82) is 0 Å². The molecular formula is C19H28N8O10. The van der Waals surface area contributed by atoms with E-state index in [0.717, 1.165) is 4.57 Å². The van der Waals surface area contributed by atoms with Crippen LogP contribution in [0.3, 0.4) is 0 Å². The Bertz CT molecular complexity index is 1260. The molecule has 0 saturated carbocycles. The monoisotopic (exact) mass is 528 g/mol. The van der Waals surface area contributed by atoms with Gasteiger partial charge in [0.25, 0.3) is 0 Å². The van der Waals surface area contributed by atoms with Gasteiger partial charge < -0.3 is 57.1 Å². The maximum absolute atomic E-state index is 11.5. The molecule has 5 rings (SSSR count). The second-order valence-corrected chi connectivity index (χ2v) is 8.08. The van der Waals surface area contributed by atoms with Gasteiger partial charge in [-0.05, 0) is 6.07 Å². The molecule has 37 heavy (non-hydrogen) atoms. The summed E-state index contributed by atoms with van der Waals surface area (Å²) in [6.07, 6.45) is -4.69. The molecular weight excluding hydrogens is 500 g/mol. The van der Waals surface area contributed by atoms with E-state index in [4.69, 9.17) is 31.2 Å². The predicted octanol–water partition coefficient (Wildman–Crippen LogP) is -5.37. The average molecular weight is 528 g/mol. The van der Waals surface area contributed by atoms with Crippen molar-refractivity contribution in [3.63, 3.8) is 0 Å². The molecule has 3 aromatic rings. The summed E-state index contributed by atoms with van der Waals surface area (Å²) in [4.78, 5) is 26.9. The van der Waals surface area contributed by atoms with Crippen molar-refractivity contribution >= 4 is 22.8 Å². The third-order valence-corrected chi connectivity index (χ3v) is 5.82. The van der Waals surface area contributed by atoms with E-state index in [0.29, 0.717) is 11.2 Å². The lowest BCUT2D eigenvalue weighted by Gasteiger charge is -2.16. The minimum absolute atomic E-state index is 0. The van der Waals surface area contributed by atoms with Crippen LogP contribution in [-0.2, 0) is 9.47 Å². The van der Waals surface area contributed by atoms with Crippen LogP contribution in [0.2, 0.25) is 0 Å². The van der Waals surface area contributed by atoms with Crippen LogP contribution in [0.1, 0.15) is 12.5 Å². The molecule has 8 atom stereocenters. The quantitative estimate of drug-likeness (QED) is 0.157. The summed E-state index contributed by atoms with van der Waals surface area (Å²) >= 11 is 0. The molecule has 0 bridgehead atoms. The van der Waals surface area contributed by atoms with Crippen LogP contribution in [0, 0.1) is 0 Å². The topological polar surface area (TPSA) is 302 Å². The number of anilines is 2. The Hall–Kier alpha value is -3.33. The van der Waals surface area contributed by atoms with E-state index in [1.807, 2.05) is 0 Å². The number of ether oxygens (including phenoxy) is 2. The predicted molar refractivity (Wildman–Crippen MR) is 122 cm³/mol. The molecule has 12 N–H and O–H groups in total. The summed E-state index contributed by atoms with van der Waals surface area (Å²) in [5.74, 6) is 0.272. The maximum Gasteiger partial charge on any atom is 0.351 e. The highest BCUT2D eigenvalue weighted by molar-refractivity contribution is 5.81. The summed E-state index contributed by atoms with van der Waals surface area (Å²) in [7, 11) is 0. The molecule has 5 heterocycles. The van der Waals surface area contributed by atoms with Crippen molar-refractivity contribution in [2.24, 2.45) is 0 Å². The normalized spacial score (nSPS) is 31.1. The van der Waals surface area contributed by atoms with Gasteiger partial charge in [0.2, 0.25) is 0 Å². The Kier molecular flexibility index (Phi) is 8.68. The van der Waals surface area contributed by atoms with Gasteiger partial charge >= 0.3 is 5.69 Å². The zero-order valence-electron chi connectivity index (χ0n) is 19.1. The largest absolute Gasteiger partial charge is 0.412 e. The van der Waals surface area contributed by atoms with E-state index in [1.165, 1.54) is 29.5 Å². The number of imidazole rings is 1. The van der Waals surface area contributed by atoms with Crippen molar-refractivity contribution in [3.05, 3.63) is 35.4 Å². The molecule has 0 unspecified atom stereocenters. The first-order chi connectivity index (χ1) is 17.2.